The fourth-order valence-corrected chi connectivity index (χ4v) is 0.433. The average molecular weight is 201 g/mol. The highest BCUT2D eigenvalue weighted by Crippen LogP contribution is 1.96. The van der Waals surface area contributed by atoms with Crippen molar-refractivity contribution in [1.29, 1.82) is 0 Å². The number of carbonyl (C=O) groups is 1. The standard InChI is InChI=1S/C5H11NO4.CH3Cl/c1-2-6(9,10)4-3-5(7)8;1-2/h9-10H,2-4H2,1H3;1H3/p+1. The molecule has 0 rings (SSSR count). The van der Waals surface area contributed by atoms with Crippen molar-refractivity contribution >= 4 is 17.6 Å². The van der Waals surface area contributed by atoms with Crippen LogP contribution in [-0.4, -0.2) is 45.8 Å². The van der Waals surface area contributed by atoms with Crippen molar-refractivity contribution < 1.29 is 25.1 Å². The second-order valence-corrected chi connectivity index (χ2v) is 2.06. The molecule has 0 heterocycles. The van der Waals surface area contributed by atoms with Crippen molar-refractivity contribution in [1.82, 2.24) is 0 Å². The summed E-state index contributed by atoms with van der Waals surface area (Å²) in [6, 6.07) is 0. The molecule has 0 aromatic carbocycles. The van der Waals surface area contributed by atoms with Gasteiger partial charge in [-0.25, -0.2) is 0 Å². The van der Waals surface area contributed by atoms with Crippen LogP contribution in [0.3, 0.4) is 0 Å². The molecule has 0 spiro atoms. The van der Waals surface area contributed by atoms with Crippen molar-refractivity contribution in [3.05, 3.63) is 0 Å². The van der Waals surface area contributed by atoms with Crippen molar-refractivity contribution in [3.63, 3.8) is 0 Å². The van der Waals surface area contributed by atoms with Gasteiger partial charge in [-0.1, -0.05) is 0 Å². The number of nitrogens with zero attached hydrogens (tertiary/aromatic N) is 1. The molecule has 3 N–H and O–H groups in total. The highest BCUT2D eigenvalue weighted by Gasteiger charge is 2.20. The summed E-state index contributed by atoms with van der Waals surface area (Å²) in [5.74, 6) is -1.03. The van der Waals surface area contributed by atoms with E-state index in [-0.39, 0.29) is 19.5 Å². The molecule has 0 aliphatic carbocycles. The largest absolute Gasteiger partial charge is 0.481 e. The lowest BCUT2D eigenvalue weighted by Crippen LogP contribution is -2.42. The summed E-state index contributed by atoms with van der Waals surface area (Å²) in [6.45, 7) is 1.47. The number of hydrogen-bond acceptors (Lipinski definition) is 3. The van der Waals surface area contributed by atoms with Crippen molar-refractivity contribution in [2.75, 3.05) is 19.5 Å². The van der Waals surface area contributed by atoms with E-state index in [1.54, 1.807) is 6.92 Å². The minimum atomic E-state index is -1.22. The summed E-state index contributed by atoms with van der Waals surface area (Å²) >= 11 is 4.64. The van der Waals surface area contributed by atoms with Gasteiger partial charge >= 0.3 is 5.97 Å². The number of hydrogen-bond donors (Lipinski definition) is 3. The summed E-state index contributed by atoms with van der Waals surface area (Å²) in [5.41, 5.74) is 0. The third-order valence-electron chi connectivity index (χ3n) is 1.19. The normalized spacial score (nSPS) is 10.1. The van der Waals surface area contributed by atoms with Gasteiger partial charge in [0.05, 0.1) is 0 Å². The number of aliphatic carboxylic acids is 1. The molecule has 0 aromatic heterocycles. The van der Waals surface area contributed by atoms with Crippen LogP contribution in [0.4, 0.5) is 0 Å². The Morgan fingerprint density at radius 2 is 1.83 bits per heavy atom. The maximum absolute atomic E-state index is 9.93. The first kappa shape index (κ1) is 14.2. The van der Waals surface area contributed by atoms with Gasteiger partial charge in [-0.2, -0.15) is 10.4 Å². The molecule has 0 bridgehead atoms. The molecule has 0 aromatic rings. The van der Waals surface area contributed by atoms with Crippen LogP contribution in [0.1, 0.15) is 13.3 Å². The lowest BCUT2D eigenvalue weighted by Gasteiger charge is -2.17. The highest BCUT2D eigenvalue weighted by molar-refractivity contribution is 6.15. The van der Waals surface area contributed by atoms with Crippen molar-refractivity contribution in [3.8, 4) is 0 Å². The number of rotatable bonds is 4. The van der Waals surface area contributed by atoms with Gasteiger partial charge in [0.1, 0.15) is 13.0 Å². The Balaban J connectivity index is 0. The Hall–Kier alpha value is -0.360. The molecule has 0 amide bonds. The zero-order chi connectivity index (χ0) is 10.2. The number of halogens is 1. The van der Waals surface area contributed by atoms with Crippen LogP contribution < -0.4 is 0 Å². The molecule has 0 atom stereocenters. The van der Waals surface area contributed by atoms with Crippen LogP contribution in [0.5, 0.6) is 0 Å². The molecule has 6 heteroatoms. The average Bonchev–Trinajstić information content (AvgIpc) is 2.05. The quantitative estimate of drug-likeness (QED) is 0.359. The van der Waals surface area contributed by atoms with Crippen LogP contribution in [0, 0.1) is 0 Å². The number of alkyl halides is 1. The Morgan fingerprint density at radius 3 is 2.08 bits per heavy atom. The molecule has 0 aliphatic rings. The first-order valence-electron chi connectivity index (χ1n) is 3.40. The van der Waals surface area contributed by atoms with Gasteiger partial charge < -0.3 is 5.11 Å². The first-order chi connectivity index (χ1) is 5.48. The van der Waals surface area contributed by atoms with Crippen LogP contribution in [0.2, 0.25) is 0 Å². The van der Waals surface area contributed by atoms with Gasteiger partial charge in [0.15, 0.2) is 6.54 Å². The van der Waals surface area contributed by atoms with E-state index in [0.717, 1.165) is 0 Å². The third-order valence-corrected chi connectivity index (χ3v) is 1.19. The zero-order valence-electron chi connectivity index (χ0n) is 7.20. The number of quaternary nitrogens is 1. The molecule has 12 heavy (non-hydrogen) atoms. The lowest BCUT2D eigenvalue weighted by molar-refractivity contribution is -1.24. The summed E-state index contributed by atoms with van der Waals surface area (Å²) in [7, 11) is 0. The SMILES string of the molecule is CC[N+](O)(O)CCC(=O)O.CCl. The third kappa shape index (κ3) is 9.64. The van der Waals surface area contributed by atoms with Gasteiger partial charge in [-0.05, 0) is 11.7 Å². The Morgan fingerprint density at radius 1 is 1.42 bits per heavy atom. The molecular weight excluding hydrogens is 186 g/mol. The molecule has 0 saturated heterocycles. The fourth-order valence-electron chi connectivity index (χ4n) is 0.433. The Kier molecular flexibility index (Phi) is 8.62. The molecule has 74 valence electrons. The van der Waals surface area contributed by atoms with Crippen LogP contribution in [0.25, 0.3) is 0 Å². The van der Waals surface area contributed by atoms with E-state index >= 15 is 0 Å². The molecule has 0 saturated carbocycles. The minimum Gasteiger partial charge on any atom is -0.481 e. The molecule has 5 nitrogen and oxygen atoms in total. The minimum absolute atomic E-state index is 0.0906. The van der Waals surface area contributed by atoms with Gasteiger partial charge in [0, 0.05) is 6.38 Å². The lowest BCUT2D eigenvalue weighted by atomic mass is 10.4. The molecule has 0 fully saturated rings. The smallest absolute Gasteiger partial charge is 0.309 e. The second-order valence-electron chi connectivity index (χ2n) is 2.06. The van der Waals surface area contributed by atoms with Crippen LogP contribution in [-0.2, 0) is 4.79 Å². The predicted molar refractivity (Wildman–Crippen MR) is 43.3 cm³/mol. The maximum atomic E-state index is 9.93. The number of carboxylic acids is 1. The first-order valence-corrected chi connectivity index (χ1v) is 4.15. The van der Waals surface area contributed by atoms with E-state index in [4.69, 9.17) is 15.5 Å². The highest BCUT2D eigenvalue weighted by atomic mass is 35.5. The Labute approximate surface area is 76.3 Å². The number of carboxylic acid groups (broad SMARTS) is 1. The summed E-state index contributed by atoms with van der Waals surface area (Å²) in [6.07, 6.45) is 1.24. The molecule has 0 radical (unpaired) electrons. The summed E-state index contributed by atoms with van der Waals surface area (Å²) < 4.78 is 0. The van der Waals surface area contributed by atoms with Crippen molar-refractivity contribution in [2.45, 2.75) is 13.3 Å². The van der Waals surface area contributed by atoms with E-state index in [0.29, 0.717) is 0 Å². The van der Waals surface area contributed by atoms with Crippen molar-refractivity contribution in [2.24, 2.45) is 0 Å². The monoisotopic (exact) mass is 200 g/mol. The zero-order valence-corrected chi connectivity index (χ0v) is 7.95. The van der Waals surface area contributed by atoms with Gasteiger partial charge in [0.2, 0.25) is 0 Å². The van der Waals surface area contributed by atoms with E-state index < -0.39 is 10.8 Å². The van der Waals surface area contributed by atoms with Gasteiger partial charge in [-0.3, -0.25) is 4.79 Å². The topological polar surface area (TPSA) is 77.8 Å². The Bertz CT molecular complexity index is 129. The molecule has 0 aliphatic heterocycles. The maximum Gasteiger partial charge on any atom is 0.309 e. The van der Waals surface area contributed by atoms with Crippen LogP contribution in [0.15, 0.2) is 0 Å². The van der Waals surface area contributed by atoms with E-state index in [1.807, 2.05) is 0 Å². The molecular formula is C6H15ClNO4+. The van der Waals surface area contributed by atoms with Gasteiger partial charge in [0.25, 0.3) is 0 Å². The van der Waals surface area contributed by atoms with Crippen LogP contribution >= 0.6 is 11.6 Å². The molecule has 0 unspecified atom stereocenters. The van der Waals surface area contributed by atoms with Gasteiger partial charge in [-0.15, -0.1) is 11.6 Å². The summed E-state index contributed by atoms with van der Waals surface area (Å²) in [5, 5.41) is 25.7. The fraction of sp³-hybridized carbons (Fsp3) is 0.833. The summed E-state index contributed by atoms with van der Waals surface area (Å²) in [4.78, 5) is 8.71. The predicted octanol–water partition coefficient (Wildman–Crippen LogP) is 0.931. The second kappa shape index (κ2) is 7.30. The number of hydroxylamine groups is 4. The van der Waals surface area contributed by atoms with E-state index in [1.165, 1.54) is 6.38 Å². The van der Waals surface area contributed by atoms with E-state index in [9.17, 15) is 4.79 Å². The van der Waals surface area contributed by atoms with E-state index in [2.05, 4.69) is 11.6 Å².